The largest absolute Gasteiger partial charge is 0.756 e. The van der Waals surface area contributed by atoms with Gasteiger partial charge in [0.1, 0.15) is 13.2 Å². The summed E-state index contributed by atoms with van der Waals surface area (Å²) in [4.78, 5) is 25.6. The number of hydrogen-bond donors (Lipinski definition) is 2. The van der Waals surface area contributed by atoms with Gasteiger partial charge in [0.25, 0.3) is 7.82 Å². The van der Waals surface area contributed by atoms with Gasteiger partial charge >= 0.3 is 0 Å². The van der Waals surface area contributed by atoms with Gasteiger partial charge in [-0.05, 0) is 96.3 Å². The summed E-state index contributed by atoms with van der Waals surface area (Å²) in [6.07, 6.45) is 90.7. The summed E-state index contributed by atoms with van der Waals surface area (Å²) >= 11 is 0. The van der Waals surface area contributed by atoms with Crippen molar-refractivity contribution in [2.45, 2.75) is 270 Å². The second kappa shape index (κ2) is 60.2. The molecule has 0 aromatic carbocycles. The highest BCUT2D eigenvalue weighted by Gasteiger charge is 2.24. The van der Waals surface area contributed by atoms with Gasteiger partial charge in [-0.3, -0.25) is 9.36 Å². The molecule has 0 saturated carbocycles. The van der Waals surface area contributed by atoms with Crippen molar-refractivity contribution < 1.29 is 32.9 Å². The van der Waals surface area contributed by atoms with Gasteiger partial charge in [-0.2, -0.15) is 0 Å². The molecule has 9 heteroatoms. The van der Waals surface area contributed by atoms with E-state index in [1.54, 1.807) is 0 Å². The molecule has 0 rings (SSSR count). The average molecular weight is 1130 g/mol. The van der Waals surface area contributed by atoms with Crippen molar-refractivity contribution >= 4 is 13.7 Å². The van der Waals surface area contributed by atoms with E-state index in [4.69, 9.17) is 9.05 Å². The molecular weight excluding hydrogens is 1010 g/mol. The Kier molecular flexibility index (Phi) is 57.7. The molecule has 3 atom stereocenters. The molecule has 3 unspecified atom stereocenters. The van der Waals surface area contributed by atoms with Crippen molar-refractivity contribution in [3.8, 4) is 0 Å². The van der Waals surface area contributed by atoms with Crippen molar-refractivity contribution in [2.24, 2.45) is 0 Å². The lowest BCUT2D eigenvalue weighted by Crippen LogP contribution is -2.46. The zero-order chi connectivity index (χ0) is 58.4. The molecule has 1 amide bonds. The molecule has 0 heterocycles. The molecule has 0 radical (unpaired) electrons. The molecule has 2 N–H and O–H groups in total. The Bertz CT molecular complexity index is 1760. The van der Waals surface area contributed by atoms with Crippen LogP contribution in [0, 0.1) is 0 Å². The van der Waals surface area contributed by atoms with Crippen LogP contribution in [0.1, 0.15) is 258 Å². The summed E-state index contributed by atoms with van der Waals surface area (Å²) in [5, 5.41) is 14.0. The number of aliphatic hydroxyl groups is 1. The number of quaternary nitrogens is 1. The Hall–Kier alpha value is -3.36. The van der Waals surface area contributed by atoms with Crippen molar-refractivity contribution in [2.75, 3.05) is 40.9 Å². The molecule has 0 aromatic heterocycles. The fourth-order valence-electron chi connectivity index (χ4n) is 8.87. The molecule has 458 valence electrons. The fraction of sp³-hybridized carbons (Fsp3) is 0.676. The van der Waals surface area contributed by atoms with Gasteiger partial charge in [0.15, 0.2) is 0 Å². The normalized spacial score (nSPS) is 14.6. The third kappa shape index (κ3) is 62.2. The predicted octanol–water partition coefficient (Wildman–Crippen LogP) is 20.0. The Balaban J connectivity index is 4.18. The minimum Gasteiger partial charge on any atom is -0.756 e. The maximum Gasteiger partial charge on any atom is 0.268 e. The van der Waals surface area contributed by atoms with Crippen LogP contribution in [0.4, 0.5) is 0 Å². The van der Waals surface area contributed by atoms with Crippen molar-refractivity contribution in [1.82, 2.24) is 5.32 Å². The Labute approximate surface area is 494 Å². The maximum absolute atomic E-state index is 13.0. The third-order valence-electron chi connectivity index (χ3n) is 13.9. The van der Waals surface area contributed by atoms with E-state index < -0.39 is 20.0 Å². The van der Waals surface area contributed by atoms with Gasteiger partial charge in [0.05, 0.1) is 39.9 Å². The van der Waals surface area contributed by atoms with Crippen molar-refractivity contribution in [3.63, 3.8) is 0 Å². The number of rotatable bonds is 58. The maximum atomic E-state index is 13.0. The number of aliphatic hydroxyl groups excluding tert-OH is 1. The quantitative estimate of drug-likeness (QED) is 0.0272. The van der Waals surface area contributed by atoms with Crippen LogP contribution in [-0.4, -0.2) is 68.5 Å². The summed E-state index contributed by atoms with van der Waals surface area (Å²) in [7, 11) is 1.28. The lowest BCUT2D eigenvalue weighted by Gasteiger charge is -2.30. The minimum atomic E-state index is -4.59. The number of carbonyl (C=O) groups is 1. The van der Waals surface area contributed by atoms with Crippen LogP contribution in [0.5, 0.6) is 0 Å². The first-order valence-corrected chi connectivity index (χ1v) is 34.0. The summed E-state index contributed by atoms with van der Waals surface area (Å²) in [5.41, 5.74) is 0. The molecule has 0 fully saturated rings. The van der Waals surface area contributed by atoms with E-state index in [0.717, 1.165) is 128 Å². The van der Waals surface area contributed by atoms with Crippen LogP contribution < -0.4 is 10.2 Å². The number of nitrogens with one attached hydrogen (secondary N) is 1. The van der Waals surface area contributed by atoms with E-state index in [1.165, 1.54) is 103 Å². The van der Waals surface area contributed by atoms with Gasteiger partial charge < -0.3 is 28.8 Å². The Morgan fingerprint density at radius 1 is 0.450 bits per heavy atom. The van der Waals surface area contributed by atoms with Crippen LogP contribution in [-0.2, 0) is 18.4 Å². The monoisotopic (exact) mass is 1130 g/mol. The number of amides is 1. The van der Waals surface area contributed by atoms with Crippen LogP contribution in [0.2, 0.25) is 0 Å². The van der Waals surface area contributed by atoms with E-state index in [1.807, 2.05) is 21.1 Å². The van der Waals surface area contributed by atoms with Crippen molar-refractivity contribution in [3.05, 3.63) is 134 Å². The number of likely N-dealkylation sites (N-methyl/N-ethyl adjacent to an activating group) is 1. The lowest BCUT2D eigenvalue weighted by atomic mass is 10.0. The highest BCUT2D eigenvalue weighted by molar-refractivity contribution is 7.45. The summed E-state index contributed by atoms with van der Waals surface area (Å²) in [6.45, 7) is 4.60. The molecule has 0 spiro atoms. The number of unbranched alkanes of at least 4 members (excludes halogenated alkanes) is 23. The highest BCUT2D eigenvalue weighted by atomic mass is 31.2. The number of allylic oxidation sites excluding steroid dienone is 22. The highest BCUT2D eigenvalue weighted by Crippen LogP contribution is 2.38. The zero-order valence-electron chi connectivity index (χ0n) is 52.2. The van der Waals surface area contributed by atoms with E-state index in [-0.39, 0.29) is 19.1 Å². The molecule has 0 aromatic rings. The van der Waals surface area contributed by atoms with Gasteiger partial charge in [0.2, 0.25) is 5.91 Å². The van der Waals surface area contributed by atoms with Crippen LogP contribution >= 0.6 is 7.82 Å². The summed E-state index contributed by atoms with van der Waals surface area (Å²) < 4.78 is 23.5. The zero-order valence-corrected chi connectivity index (χ0v) is 53.1. The summed E-state index contributed by atoms with van der Waals surface area (Å²) in [5.74, 6) is -0.187. The molecule has 0 saturated heterocycles. The minimum absolute atomic E-state index is 0.00164. The van der Waals surface area contributed by atoms with Crippen LogP contribution in [0.25, 0.3) is 0 Å². The van der Waals surface area contributed by atoms with Gasteiger partial charge in [-0.25, -0.2) is 0 Å². The third-order valence-corrected chi connectivity index (χ3v) is 14.9. The molecular formula is C71H123N2O6P. The lowest BCUT2D eigenvalue weighted by molar-refractivity contribution is -0.870. The summed E-state index contributed by atoms with van der Waals surface area (Å²) in [6, 6.07) is -0.822. The first kappa shape index (κ1) is 76.6. The molecule has 80 heavy (non-hydrogen) atoms. The first-order chi connectivity index (χ1) is 39.0. The van der Waals surface area contributed by atoms with E-state index in [0.29, 0.717) is 23.9 Å². The van der Waals surface area contributed by atoms with E-state index in [2.05, 4.69) is 153 Å². The fourth-order valence-corrected chi connectivity index (χ4v) is 9.59. The Morgan fingerprint density at radius 2 is 0.762 bits per heavy atom. The number of phosphoric acid groups is 1. The average Bonchev–Trinajstić information content (AvgIpc) is 3.42. The van der Waals surface area contributed by atoms with E-state index >= 15 is 0 Å². The number of hydrogen-bond acceptors (Lipinski definition) is 6. The first-order valence-electron chi connectivity index (χ1n) is 32.5. The molecule has 0 aliphatic heterocycles. The topological polar surface area (TPSA) is 108 Å². The predicted molar refractivity (Wildman–Crippen MR) is 348 cm³/mol. The van der Waals surface area contributed by atoms with Gasteiger partial charge in [-0.15, -0.1) is 0 Å². The molecule has 0 bridgehead atoms. The molecule has 0 aliphatic carbocycles. The molecule has 8 nitrogen and oxygen atoms in total. The standard InChI is InChI=1S/C71H123N2O6P/c1-6-8-10-12-14-16-18-20-22-24-26-27-28-29-30-31-32-33-34-35-36-37-38-39-40-41-42-43-44-45-47-49-51-53-55-57-59-61-63-65-71(75)72-69(68-79-80(76,77)78-67-66-73(3,4)5)70(74)64-62-60-58-56-54-52-50-48-46-25-23-21-19-17-15-13-11-9-7-2/h8,10,14,16,20,22,26-27,29-30,32-33,35-36,38-39,41-42,44-45,49,51,69-70,74H,6-7,9,11-13,15,17-19,21,23-25,28,31,34,37,40,43,46-48,50,52-68H2,1-5H3,(H-,72,75,76,77)/b10-8-,16-14-,22-20-,27-26-,30-29-,33-32-,36-35-,39-38-,42-41-,45-44-,51-49-. The van der Waals surface area contributed by atoms with Gasteiger partial charge in [-0.1, -0.05) is 289 Å². The van der Waals surface area contributed by atoms with Crippen LogP contribution in [0.15, 0.2) is 134 Å². The van der Waals surface area contributed by atoms with Gasteiger partial charge in [0, 0.05) is 6.42 Å². The van der Waals surface area contributed by atoms with Crippen molar-refractivity contribution in [1.29, 1.82) is 0 Å². The number of phosphoric ester groups is 1. The SMILES string of the molecule is CC/C=C\C/C=C\C/C=C\C/C=C\C/C=C\C/C=C\C/C=C\C/C=C\C/C=C\C/C=C\C/C=C\CCCCCCCC(=O)NC(COP(=O)([O-])OCC[N+](C)(C)C)C(O)CCCCCCCCCCCCCCCCCCCCC. The number of carbonyl (C=O) groups excluding carboxylic acids is 1. The second-order valence-corrected chi connectivity index (χ2v) is 24.2. The Morgan fingerprint density at radius 3 is 1.11 bits per heavy atom. The second-order valence-electron chi connectivity index (χ2n) is 22.7. The van der Waals surface area contributed by atoms with E-state index in [9.17, 15) is 19.4 Å². The smallest absolute Gasteiger partial charge is 0.268 e. The molecule has 0 aliphatic rings. The number of nitrogens with zero attached hydrogens (tertiary/aromatic N) is 1. The van der Waals surface area contributed by atoms with Crippen LogP contribution in [0.3, 0.4) is 0 Å².